The van der Waals surface area contributed by atoms with Crippen LogP contribution in [0, 0.1) is 0 Å². The van der Waals surface area contributed by atoms with E-state index in [0.717, 1.165) is 22.4 Å². The highest BCUT2D eigenvalue weighted by Gasteiger charge is 2.19. The quantitative estimate of drug-likeness (QED) is 0.457. The van der Waals surface area contributed by atoms with Crippen LogP contribution in [0.5, 0.6) is 0 Å². The van der Waals surface area contributed by atoms with Gasteiger partial charge in [0.2, 0.25) is 5.82 Å². The minimum Gasteiger partial charge on any atom is -0.383 e. The van der Waals surface area contributed by atoms with Gasteiger partial charge in [-0.15, -0.1) is 10.2 Å². The maximum absolute atomic E-state index is 12.9. The van der Waals surface area contributed by atoms with Gasteiger partial charge in [-0.1, -0.05) is 24.3 Å². The number of nitrogens with one attached hydrogen (secondary N) is 1. The van der Waals surface area contributed by atoms with Crippen molar-refractivity contribution in [3.63, 3.8) is 0 Å². The monoisotopic (exact) mass is 433 g/mol. The Morgan fingerprint density at radius 2 is 1.84 bits per heavy atom. The second-order valence-electron chi connectivity index (χ2n) is 7.90. The van der Waals surface area contributed by atoms with Gasteiger partial charge in [0.05, 0.1) is 29.7 Å². The Morgan fingerprint density at radius 1 is 1.09 bits per heavy atom. The molecule has 0 saturated carbocycles. The summed E-state index contributed by atoms with van der Waals surface area (Å²) in [5, 5.41) is 15.6. The number of hydrogen-bond donors (Lipinski definition) is 1. The van der Waals surface area contributed by atoms with Crippen LogP contribution in [0.1, 0.15) is 49.0 Å². The lowest BCUT2D eigenvalue weighted by Gasteiger charge is -2.16. The fraction of sp³-hybridized carbons (Fsp3) is 0.348. The molecule has 166 valence electrons. The van der Waals surface area contributed by atoms with Crippen LogP contribution in [-0.4, -0.2) is 49.4 Å². The molecular formula is C23H27N7O2. The molecule has 32 heavy (non-hydrogen) atoms. The molecular weight excluding hydrogens is 406 g/mol. The van der Waals surface area contributed by atoms with Gasteiger partial charge in [0, 0.05) is 24.8 Å². The third kappa shape index (κ3) is 4.38. The first-order valence-corrected chi connectivity index (χ1v) is 10.6. The first-order chi connectivity index (χ1) is 15.5. The fourth-order valence-electron chi connectivity index (χ4n) is 3.52. The summed E-state index contributed by atoms with van der Waals surface area (Å²) >= 11 is 0. The van der Waals surface area contributed by atoms with Crippen molar-refractivity contribution >= 4 is 16.9 Å². The summed E-state index contributed by atoms with van der Waals surface area (Å²) < 4.78 is 7.35. The van der Waals surface area contributed by atoms with Crippen molar-refractivity contribution in [2.24, 2.45) is 0 Å². The van der Waals surface area contributed by atoms with Crippen molar-refractivity contribution in [1.29, 1.82) is 0 Å². The van der Waals surface area contributed by atoms with Crippen LogP contribution in [0.2, 0.25) is 0 Å². The SMILES string of the molecule is COCCn1c([C@H](C)NC(=O)c2ccc(-c3nnn(C(C)C)n3)cc2)nc2ccccc21. The number of tetrazole rings is 1. The lowest BCUT2D eigenvalue weighted by Crippen LogP contribution is -2.29. The van der Waals surface area contributed by atoms with E-state index in [2.05, 4.69) is 25.3 Å². The molecule has 4 rings (SSSR count). The molecule has 0 radical (unpaired) electrons. The molecule has 0 spiro atoms. The minimum atomic E-state index is -0.279. The molecule has 0 unspecified atom stereocenters. The molecule has 9 nitrogen and oxygen atoms in total. The second kappa shape index (κ2) is 9.27. The van der Waals surface area contributed by atoms with Crippen molar-refractivity contribution in [3.8, 4) is 11.4 Å². The number of benzene rings is 2. The molecule has 1 amide bonds. The zero-order valence-corrected chi connectivity index (χ0v) is 18.7. The van der Waals surface area contributed by atoms with Crippen LogP contribution in [0.3, 0.4) is 0 Å². The third-order valence-corrected chi connectivity index (χ3v) is 5.23. The highest BCUT2D eigenvalue weighted by Crippen LogP contribution is 2.22. The summed E-state index contributed by atoms with van der Waals surface area (Å²) in [5.41, 5.74) is 3.28. The maximum Gasteiger partial charge on any atom is 0.251 e. The van der Waals surface area contributed by atoms with Crippen molar-refractivity contribution in [2.75, 3.05) is 13.7 Å². The van der Waals surface area contributed by atoms with Gasteiger partial charge in [0.25, 0.3) is 5.91 Å². The van der Waals surface area contributed by atoms with E-state index in [0.29, 0.717) is 24.5 Å². The van der Waals surface area contributed by atoms with Gasteiger partial charge in [-0.2, -0.15) is 4.80 Å². The third-order valence-electron chi connectivity index (χ3n) is 5.23. The number of amides is 1. The molecule has 0 aliphatic carbocycles. The van der Waals surface area contributed by atoms with Gasteiger partial charge in [-0.05, 0) is 50.3 Å². The molecule has 2 heterocycles. The van der Waals surface area contributed by atoms with Crippen LogP contribution in [0.15, 0.2) is 48.5 Å². The number of carbonyl (C=O) groups is 1. The van der Waals surface area contributed by atoms with Gasteiger partial charge >= 0.3 is 0 Å². The van der Waals surface area contributed by atoms with Crippen LogP contribution in [0.4, 0.5) is 0 Å². The molecule has 0 aliphatic rings. The predicted molar refractivity (Wildman–Crippen MR) is 121 cm³/mol. The first-order valence-electron chi connectivity index (χ1n) is 10.6. The Balaban J connectivity index is 1.51. The Hall–Kier alpha value is -3.59. The normalized spacial score (nSPS) is 12.4. The van der Waals surface area contributed by atoms with Gasteiger partial charge in [-0.3, -0.25) is 4.79 Å². The molecule has 0 aliphatic heterocycles. The summed E-state index contributed by atoms with van der Waals surface area (Å²) in [5.74, 6) is 1.15. The van der Waals surface area contributed by atoms with Crippen LogP contribution in [-0.2, 0) is 11.3 Å². The average Bonchev–Trinajstić information content (AvgIpc) is 3.43. The number of hydrogen-bond acceptors (Lipinski definition) is 6. The molecule has 9 heteroatoms. The van der Waals surface area contributed by atoms with E-state index in [-0.39, 0.29) is 18.0 Å². The second-order valence-corrected chi connectivity index (χ2v) is 7.90. The van der Waals surface area contributed by atoms with Crippen LogP contribution < -0.4 is 5.32 Å². The minimum absolute atomic E-state index is 0.135. The van der Waals surface area contributed by atoms with Gasteiger partial charge in [-0.25, -0.2) is 4.98 Å². The summed E-state index contributed by atoms with van der Waals surface area (Å²) in [6, 6.07) is 15.0. The Bertz CT molecular complexity index is 1210. The van der Waals surface area contributed by atoms with E-state index in [1.54, 1.807) is 24.0 Å². The molecule has 0 saturated heterocycles. The number of methoxy groups -OCH3 is 1. The van der Waals surface area contributed by atoms with Crippen molar-refractivity contribution in [2.45, 2.75) is 39.4 Å². The number of para-hydroxylation sites is 2. The summed E-state index contributed by atoms with van der Waals surface area (Å²) in [7, 11) is 1.67. The zero-order valence-electron chi connectivity index (χ0n) is 18.7. The number of nitrogens with zero attached hydrogens (tertiary/aromatic N) is 6. The molecule has 2 aromatic carbocycles. The number of imidazole rings is 1. The van der Waals surface area contributed by atoms with E-state index in [9.17, 15) is 4.79 Å². The Labute approximate surface area is 186 Å². The predicted octanol–water partition coefficient (Wildman–Crippen LogP) is 3.41. The number of fused-ring (bicyclic) bond motifs is 1. The smallest absolute Gasteiger partial charge is 0.251 e. The Morgan fingerprint density at radius 3 is 2.53 bits per heavy atom. The molecule has 1 N–H and O–H groups in total. The van der Waals surface area contributed by atoms with E-state index < -0.39 is 0 Å². The van der Waals surface area contributed by atoms with E-state index >= 15 is 0 Å². The maximum atomic E-state index is 12.9. The lowest BCUT2D eigenvalue weighted by molar-refractivity contribution is 0.0937. The standard InChI is InChI=1S/C23H27N7O2/c1-15(2)30-27-21(26-28-30)17-9-11-18(12-10-17)23(31)24-16(3)22-25-19-7-5-6-8-20(19)29(22)13-14-32-4/h5-12,15-16H,13-14H2,1-4H3,(H,24,31)/t16-/m0/s1. The molecule has 0 fully saturated rings. The summed E-state index contributed by atoms with van der Waals surface area (Å²) in [4.78, 5) is 19.2. The molecule has 2 aromatic heterocycles. The number of rotatable bonds is 8. The fourth-order valence-corrected chi connectivity index (χ4v) is 3.52. The first kappa shape index (κ1) is 21.6. The molecule has 1 atom stereocenters. The van der Waals surface area contributed by atoms with Gasteiger partial charge in [0.15, 0.2) is 0 Å². The van der Waals surface area contributed by atoms with Crippen molar-refractivity contribution < 1.29 is 9.53 Å². The average molecular weight is 434 g/mol. The highest BCUT2D eigenvalue weighted by atomic mass is 16.5. The van der Waals surface area contributed by atoms with Gasteiger partial charge in [0.1, 0.15) is 5.82 Å². The zero-order chi connectivity index (χ0) is 22.7. The van der Waals surface area contributed by atoms with Gasteiger partial charge < -0.3 is 14.6 Å². The van der Waals surface area contributed by atoms with E-state index in [1.165, 1.54) is 0 Å². The topological polar surface area (TPSA) is 99.8 Å². The summed E-state index contributed by atoms with van der Waals surface area (Å²) in [6.45, 7) is 7.13. The molecule has 0 bridgehead atoms. The number of aromatic nitrogens is 6. The number of carbonyl (C=O) groups excluding carboxylic acids is 1. The largest absolute Gasteiger partial charge is 0.383 e. The van der Waals surface area contributed by atoms with Crippen LogP contribution in [0.25, 0.3) is 22.4 Å². The highest BCUT2D eigenvalue weighted by molar-refractivity contribution is 5.94. The lowest BCUT2D eigenvalue weighted by atomic mass is 10.1. The summed E-state index contributed by atoms with van der Waals surface area (Å²) in [6.07, 6.45) is 0. The molecule has 4 aromatic rings. The Kier molecular flexibility index (Phi) is 6.27. The van der Waals surface area contributed by atoms with Crippen molar-refractivity contribution in [1.82, 2.24) is 35.1 Å². The van der Waals surface area contributed by atoms with Crippen molar-refractivity contribution in [3.05, 3.63) is 59.9 Å². The van der Waals surface area contributed by atoms with Crippen LogP contribution >= 0.6 is 0 Å². The number of ether oxygens (including phenoxy) is 1. The van der Waals surface area contributed by atoms with E-state index in [1.807, 2.05) is 57.2 Å². The van der Waals surface area contributed by atoms with E-state index in [4.69, 9.17) is 9.72 Å².